The SMILES string of the molecule is Cc1nccnc1OC1CNC1. The van der Waals surface area contributed by atoms with Gasteiger partial charge in [-0.2, -0.15) is 0 Å². The van der Waals surface area contributed by atoms with Crippen molar-refractivity contribution in [3.8, 4) is 5.88 Å². The second-order valence-electron chi connectivity index (χ2n) is 2.85. The first-order valence-electron chi connectivity index (χ1n) is 4.01. The van der Waals surface area contributed by atoms with Gasteiger partial charge >= 0.3 is 0 Å². The minimum atomic E-state index is 0.278. The fraction of sp³-hybridized carbons (Fsp3) is 0.500. The molecule has 0 aromatic carbocycles. The van der Waals surface area contributed by atoms with Crippen LogP contribution >= 0.6 is 0 Å². The summed E-state index contributed by atoms with van der Waals surface area (Å²) in [5.41, 5.74) is 0.851. The van der Waals surface area contributed by atoms with Crippen LogP contribution in [-0.4, -0.2) is 29.2 Å². The maximum absolute atomic E-state index is 5.54. The van der Waals surface area contributed by atoms with E-state index >= 15 is 0 Å². The Morgan fingerprint density at radius 2 is 2.17 bits per heavy atom. The Kier molecular flexibility index (Phi) is 1.91. The molecule has 1 aliphatic rings. The quantitative estimate of drug-likeness (QED) is 0.677. The lowest BCUT2D eigenvalue weighted by molar-refractivity contribution is 0.134. The number of nitrogens with one attached hydrogen (secondary N) is 1. The Labute approximate surface area is 71.0 Å². The van der Waals surface area contributed by atoms with Gasteiger partial charge in [0.2, 0.25) is 5.88 Å². The summed E-state index contributed by atoms with van der Waals surface area (Å²) in [6.07, 6.45) is 3.59. The number of hydrogen-bond acceptors (Lipinski definition) is 4. The van der Waals surface area contributed by atoms with Crippen molar-refractivity contribution < 1.29 is 4.74 Å². The molecular formula is C8H11N3O. The molecule has 0 atom stereocenters. The van der Waals surface area contributed by atoms with Crippen LogP contribution in [0.2, 0.25) is 0 Å². The van der Waals surface area contributed by atoms with Gasteiger partial charge in [0.05, 0.1) is 5.69 Å². The van der Waals surface area contributed by atoms with E-state index in [-0.39, 0.29) is 6.10 Å². The monoisotopic (exact) mass is 165 g/mol. The predicted octanol–water partition coefficient (Wildman–Crippen LogP) is 0.136. The highest BCUT2D eigenvalue weighted by Crippen LogP contribution is 2.12. The van der Waals surface area contributed by atoms with Crippen molar-refractivity contribution in [3.05, 3.63) is 18.1 Å². The van der Waals surface area contributed by atoms with E-state index in [1.165, 1.54) is 0 Å². The lowest BCUT2D eigenvalue weighted by atomic mass is 10.2. The molecule has 12 heavy (non-hydrogen) atoms. The molecule has 1 aromatic rings. The van der Waals surface area contributed by atoms with Crippen LogP contribution in [0.5, 0.6) is 5.88 Å². The molecular weight excluding hydrogens is 154 g/mol. The van der Waals surface area contributed by atoms with Crippen LogP contribution in [0.3, 0.4) is 0 Å². The molecule has 0 bridgehead atoms. The van der Waals surface area contributed by atoms with E-state index in [0.717, 1.165) is 18.8 Å². The number of aryl methyl sites for hydroxylation is 1. The normalized spacial score (nSPS) is 17.1. The van der Waals surface area contributed by atoms with Crippen LogP contribution in [0, 0.1) is 6.92 Å². The lowest BCUT2D eigenvalue weighted by Crippen LogP contribution is -2.50. The molecule has 1 N–H and O–H groups in total. The highest BCUT2D eigenvalue weighted by atomic mass is 16.5. The van der Waals surface area contributed by atoms with Crippen molar-refractivity contribution in [1.29, 1.82) is 0 Å². The van der Waals surface area contributed by atoms with Crippen LogP contribution in [0.1, 0.15) is 5.69 Å². The Morgan fingerprint density at radius 1 is 1.42 bits per heavy atom. The maximum atomic E-state index is 5.54. The summed E-state index contributed by atoms with van der Waals surface area (Å²) >= 11 is 0. The number of rotatable bonds is 2. The van der Waals surface area contributed by atoms with Crippen molar-refractivity contribution in [2.45, 2.75) is 13.0 Å². The standard InChI is InChI=1S/C8H11N3O/c1-6-8(11-3-2-10-6)12-7-4-9-5-7/h2-3,7,9H,4-5H2,1H3. The largest absolute Gasteiger partial charge is 0.470 e. The van der Waals surface area contributed by atoms with Gasteiger partial charge in [0, 0.05) is 25.5 Å². The molecule has 2 heterocycles. The van der Waals surface area contributed by atoms with Crippen molar-refractivity contribution >= 4 is 0 Å². The first kappa shape index (κ1) is 7.49. The van der Waals surface area contributed by atoms with Crippen LogP contribution < -0.4 is 10.1 Å². The lowest BCUT2D eigenvalue weighted by Gasteiger charge is -2.27. The van der Waals surface area contributed by atoms with Crippen LogP contribution in [0.4, 0.5) is 0 Å². The van der Waals surface area contributed by atoms with E-state index < -0.39 is 0 Å². The van der Waals surface area contributed by atoms with Crippen LogP contribution in [-0.2, 0) is 0 Å². The first-order valence-corrected chi connectivity index (χ1v) is 4.01. The van der Waals surface area contributed by atoms with Crippen LogP contribution in [0.15, 0.2) is 12.4 Å². The van der Waals surface area contributed by atoms with E-state index in [9.17, 15) is 0 Å². The smallest absolute Gasteiger partial charge is 0.235 e. The molecule has 64 valence electrons. The van der Waals surface area contributed by atoms with Gasteiger partial charge in [-0.3, -0.25) is 4.98 Å². The number of aromatic nitrogens is 2. The Hall–Kier alpha value is -1.16. The maximum Gasteiger partial charge on any atom is 0.235 e. The summed E-state index contributed by atoms with van der Waals surface area (Å²) in [6, 6.07) is 0. The van der Waals surface area contributed by atoms with Gasteiger partial charge in [-0.05, 0) is 6.92 Å². The van der Waals surface area contributed by atoms with E-state index in [1.807, 2.05) is 6.92 Å². The average Bonchev–Trinajstić information content (AvgIpc) is 2.00. The minimum Gasteiger partial charge on any atom is -0.470 e. The zero-order valence-electron chi connectivity index (χ0n) is 6.95. The topological polar surface area (TPSA) is 47.0 Å². The van der Waals surface area contributed by atoms with Crippen molar-refractivity contribution in [1.82, 2.24) is 15.3 Å². The zero-order valence-corrected chi connectivity index (χ0v) is 6.95. The summed E-state index contributed by atoms with van der Waals surface area (Å²) in [4.78, 5) is 8.17. The fourth-order valence-corrected chi connectivity index (χ4v) is 1.01. The van der Waals surface area contributed by atoms with Crippen molar-refractivity contribution in [3.63, 3.8) is 0 Å². The molecule has 0 radical (unpaired) electrons. The third kappa shape index (κ3) is 1.38. The molecule has 4 nitrogen and oxygen atoms in total. The molecule has 0 aliphatic carbocycles. The van der Waals surface area contributed by atoms with Crippen LogP contribution in [0.25, 0.3) is 0 Å². The molecule has 4 heteroatoms. The summed E-state index contributed by atoms with van der Waals surface area (Å²) in [7, 11) is 0. The number of ether oxygens (including phenoxy) is 1. The average molecular weight is 165 g/mol. The van der Waals surface area contributed by atoms with E-state index in [4.69, 9.17) is 4.74 Å². The molecule has 0 amide bonds. The Morgan fingerprint density at radius 3 is 2.75 bits per heavy atom. The van der Waals surface area contributed by atoms with Crippen molar-refractivity contribution in [2.24, 2.45) is 0 Å². The molecule has 1 aliphatic heterocycles. The van der Waals surface area contributed by atoms with Gasteiger partial charge in [0.25, 0.3) is 0 Å². The zero-order chi connectivity index (χ0) is 8.39. The van der Waals surface area contributed by atoms with Gasteiger partial charge in [0.15, 0.2) is 0 Å². The van der Waals surface area contributed by atoms with Gasteiger partial charge in [0.1, 0.15) is 6.10 Å². The van der Waals surface area contributed by atoms with Gasteiger partial charge in [-0.1, -0.05) is 0 Å². The van der Waals surface area contributed by atoms with E-state index in [2.05, 4.69) is 15.3 Å². The summed E-state index contributed by atoms with van der Waals surface area (Å²) in [5.74, 6) is 0.656. The number of hydrogen-bond donors (Lipinski definition) is 1. The summed E-state index contributed by atoms with van der Waals surface area (Å²) < 4.78 is 5.54. The summed E-state index contributed by atoms with van der Waals surface area (Å²) in [5, 5.41) is 3.13. The minimum absolute atomic E-state index is 0.278. The fourth-order valence-electron chi connectivity index (χ4n) is 1.01. The van der Waals surface area contributed by atoms with Crippen molar-refractivity contribution in [2.75, 3.05) is 13.1 Å². The van der Waals surface area contributed by atoms with E-state index in [1.54, 1.807) is 12.4 Å². The molecule has 1 fully saturated rings. The number of nitrogens with zero attached hydrogens (tertiary/aromatic N) is 2. The van der Waals surface area contributed by atoms with Gasteiger partial charge in [-0.25, -0.2) is 4.98 Å². The first-order chi connectivity index (χ1) is 5.86. The Bertz CT molecular complexity index is 273. The molecule has 0 spiro atoms. The second kappa shape index (κ2) is 3.06. The molecule has 1 aromatic heterocycles. The third-order valence-corrected chi connectivity index (χ3v) is 1.86. The highest BCUT2D eigenvalue weighted by molar-refractivity contribution is 5.15. The third-order valence-electron chi connectivity index (χ3n) is 1.86. The van der Waals surface area contributed by atoms with E-state index in [0.29, 0.717) is 5.88 Å². The second-order valence-corrected chi connectivity index (χ2v) is 2.85. The molecule has 1 saturated heterocycles. The predicted molar refractivity (Wildman–Crippen MR) is 44.1 cm³/mol. The molecule has 0 saturated carbocycles. The summed E-state index contributed by atoms with van der Waals surface area (Å²) in [6.45, 7) is 3.72. The van der Waals surface area contributed by atoms with Gasteiger partial charge in [-0.15, -0.1) is 0 Å². The Balaban J connectivity index is 2.06. The highest BCUT2D eigenvalue weighted by Gasteiger charge is 2.19. The van der Waals surface area contributed by atoms with Gasteiger partial charge < -0.3 is 10.1 Å². The molecule has 0 unspecified atom stereocenters. The molecule has 2 rings (SSSR count).